The van der Waals surface area contributed by atoms with Gasteiger partial charge in [0.15, 0.2) is 0 Å². The lowest BCUT2D eigenvalue weighted by Gasteiger charge is -2.56. The number of aliphatic hydroxyl groups excluding tert-OH is 1. The molecule has 0 amide bonds. The van der Waals surface area contributed by atoms with E-state index in [-0.39, 0.29) is 53.2 Å². The van der Waals surface area contributed by atoms with Gasteiger partial charge in [-0.1, -0.05) is 6.92 Å². The smallest absolute Gasteiger partial charge is 0.310 e. The zero-order valence-corrected chi connectivity index (χ0v) is 14.1. The van der Waals surface area contributed by atoms with E-state index >= 15 is 0 Å². The number of ether oxygens (including phenoxy) is 2. The van der Waals surface area contributed by atoms with Crippen LogP contribution in [0.4, 0.5) is 0 Å². The van der Waals surface area contributed by atoms with E-state index in [1.54, 1.807) is 12.5 Å². The third kappa shape index (κ3) is 2.06. The van der Waals surface area contributed by atoms with E-state index in [9.17, 15) is 14.7 Å². The molecule has 8 atom stereocenters. The molecule has 2 aliphatic carbocycles. The fourth-order valence-corrected chi connectivity index (χ4v) is 6.00. The molecule has 6 nitrogen and oxygen atoms in total. The Kier molecular flexibility index (Phi) is 3.15. The summed E-state index contributed by atoms with van der Waals surface area (Å²) in [5.74, 6) is -0.772. The summed E-state index contributed by atoms with van der Waals surface area (Å²) in [5, 5.41) is 10.4. The van der Waals surface area contributed by atoms with Crippen molar-refractivity contribution < 1.29 is 28.6 Å². The van der Waals surface area contributed by atoms with Crippen LogP contribution < -0.4 is 0 Å². The van der Waals surface area contributed by atoms with Crippen molar-refractivity contribution >= 4 is 11.9 Å². The molecule has 2 aliphatic heterocycles. The van der Waals surface area contributed by atoms with E-state index in [2.05, 4.69) is 6.92 Å². The van der Waals surface area contributed by atoms with Crippen LogP contribution >= 0.6 is 0 Å². The van der Waals surface area contributed by atoms with Crippen LogP contribution in [0.1, 0.15) is 44.3 Å². The largest absolute Gasteiger partial charge is 0.472 e. The fraction of sp³-hybridized carbons (Fsp3) is 0.684. The molecule has 6 heteroatoms. The first-order valence-electron chi connectivity index (χ1n) is 9.08. The van der Waals surface area contributed by atoms with Crippen molar-refractivity contribution in [3.63, 3.8) is 0 Å². The van der Waals surface area contributed by atoms with Gasteiger partial charge in [-0.05, 0) is 43.1 Å². The summed E-state index contributed by atoms with van der Waals surface area (Å²) in [6.45, 7) is 2.13. The van der Waals surface area contributed by atoms with Crippen LogP contribution in [0.25, 0.3) is 0 Å². The summed E-state index contributed by atoms with van der Waals surface area (Å²) < 4.78 is 16.5. The number of hydrogen-bond acceptors (Lipinski definition) is 6. The molecule has 3 heterocycles. The second-order valence-electron chi connectivity index (χ2n) is 8.37. The molecule has 0 aromatic carbocycles. The van der Waals surface area contributed by atoms with Crippen molar-refractivity contribution in [3.8, 4) is 0 Å². The summed E-state index contributed by atoms with van der Waals surface area (Å²) in [5.41, 5.74) is 0.549. The molecule has 0 spiro atoms. The molecule has 0 bridgehead atoms. The topological polar surface area (TPSA) is 86.0 Å². The molecule has 1 aromatic heterocycles. The minimum atomic E-state index is -0.515. The fourth-order valence-electron chi connectivity index (χ4n) is 6.00. The molecule has 0 unspecified atom stereocenters. The number of aliphatic hydroxyl groups is 1. The third-order valence-corrected chi connectivity index (χ3v) is 7.18. The van der Waals surface area contributed by atoms with Crippen LogP contribution in [-0.4, -0.2) is 29.3 Å². The Balaban J connectivity index is 1.55. The van der Waals surface area contributed by atoms with Crippen molar-refractivity contribution in [2.75, 3.05) is 0 Å². The van der Waals surface area contributed by atoms with Gasteiger partial charge in [0.25, 0.3) is 0 Å². The van der Waals surface area contributed by atoms with Crippen LogP contribution in [0.15, 0.2) is 23.0 Å². The molecule has 4 fully saturated rings. The number of hydrogen-bond donors (Lipinski definition) is 1. The maximum absolute atomic E-state index is 12.8. The van der Waals surface area contributed by atoms with Gasteiger partial charge in [-0.3, -0.25) is 9.59 Å². The Morgan fingerprint density at radius 2 is 2.00 bits per heavy atom. The minimum absolute atomic E-state index is 0.0821. The second-order valence-corrected chi connectivity index (χ2v) is 8.37. The molecular weight excluding hydrogens is 324 g/mol. The Morgan fingerprint density at radius 1 is 1.16 bits per heavy atom. The standard InChI is InChI=1S/C19H22O6/c1-19-7-15(9-2-3-23-8-9)25-18(22)13(19)6-14-16-11(17(21)24-14)4-10(20)5-12(16)19/h2-3,8,10-16,20H,4-7H2,1H3/t10-,11+,12+,13-,14-,15-,16+,19-/m0/s1. The number of cyclic esters (lactones) is 1. The molecular formula is C19H22O6. The van der Waals surface area contributed by atoms with Gasteiger partial charge in [0, 0.05) is 11.5 Å². The molecule has 2 saturated heterocycles. The van der Waals surface area contributed by atoms with Gasteiger partial charge < -0.3 is 19.0 Å². The van der Waals surface area contributed by atoms with Crippen molar-refractivity contribution in [1.29, 1.82) is 0 Å². The Hall–Kier alpha value is -1.82. The summed E-state index contributed by atoms with van der Waals surface area (Å²) in [6.07, 6.45) is 4.45. The normalized spacial score (nSPS) is 48.3. The molecule has 2 saturated carbocycles. The molecule has 25 heavy (non-hydrogen) atoms. The van der Waals surface area contributed by atoms with E-state index in [4.69, 9.17) is 13.9 Å². The van der Waals surface area contributed by atoms with Gasteiger partial charge in [-0.25, -0.2) is 0 Å². The average Bonchev–Trinajstić information content (AvgIpc) is 3.19. The molecule has 5 rings (SSSR count). The maximum Gasteiger partial charge on any atom is 0.310 e. The van der Waals surface area contributed by atoms with E-state index in [1.807, 2.05) is 6.07 Å². The lowest BCUT2D eigenvalue weighted by molar-refractivity contribution is -0.198. The van der Waals surface area contributed by atoms with Crippen LogP contribution in [0.2, 0.25) is 0 Å². The van der Waals surface area contributed by atoms with E-state index in [1.165, 1.54) is 0 Å². The monoisotopic (exact) mass is 346 g/mol. The quantitative estimate of drug-likeness (QED) is 0.785. The summed E-state index contributed by atoms with van der Waals surface area (Å²) in [7, 11) is 0. The van der Waals surface area contributed by atoms with Gasteiger partial charge in [-0.2, -0.15) is 0 Å². The number of furan rings is 1. The number of fused-ring (bicyclic) bond motifs is 2. The Labute approximate surface area is 145 Å². The number of esters is 2. The highest BCUT2D eigenvalue weighted by Crippen LogP contribution is 2.63. The third-order valence-electron chi connectivity index (χ3n) is 7.18. The predicted octanol–water partition coefficient (Wildman–Crippen LogP) is 2.22. The van der Waals surface area contributed by atoms with Crippen LogP contribution in [0.5, 0.6) is 0 Å². The van der Waals surface area contributed by atoms with Gasteiger partial charge >= 0.3 is 11.9 Å². The minimum Gasteiger partial charge on any atom is -0.472 e. The SMILES string of the molecule is C[C@@]12C[C@@H](c3ccoc3)OC(=O)[C@@H]1C[C@@H]1OC(=O)[C@@H]3C[C@H](O)C[C@@H]2[C@H]13. The Morgan fingerprint density at radius 3 is 2.76 bits per heavy atom. The maximum atomic E-state index is 12.8. The predicted molar refractivity (Wildman–Crippen MR) is 84.0 cm³/mol. The van der Waals surface area contributed by atoms with Crippen LogP contribution in [0, 0.1) is 29.1 Å². The summed E-state index contributed by atoms with van der Waals surface area (Å²) in [6, 6.07) is 1.83. The van der Waals surface area contributed by atoms with Gasteiger partial charge in [0.1, 0.15) is 12.2 Å². The summed E-state index contributed by atoms with van der Waals surface area (Å²) in [4.78, 5) is 25.1. The second kappa shape index (κ2) is 5.10. The van der Waals surface area contributed by atoms with Gasteiger partial charge in [0.2, 0.25) is 0 Å². The Bertz CT molecular complexity index is 712. The van der Waals surface area contributed by atoms with Gasteiger partial charge in [-0.15, -0.1) is 0 Å². The number of carbonyl (C=O) groups is 2. The number of carbonyl (C=O) groups excluding carboxylic acids is 2. The first-order chi connectivity index (χ1) is 12.0. The van der Waals surface area contributed by atoms with Crippen molar-refractivity contribution in [2.45, 2.75) is 50.9 Å². The highest BCUT2D eigenvalue weighted by Gasteiger charge is 2.65. The van der Waals surface area contributed by atoms with E-state index in [0.29, 0.717) is 25.7 Å². The highest BCUT2D eigenvalue weighted by molar-refractivity contribution is 5.78. The lowest BCUT2D eigenvalue weighted by atomic mass is 9.49. The first kappa shape index (κ1) is 15.4. The molecule has 1 aromatic rings. The highest BCUT2D eigenvalue weighted by atomic mass is 16.6. The van der Waals surface area contributed by atoms with E-state index in [0.717, 1.165) is 5.56 Å². The van der Waals surface area contributed by atoms with Crippen molar-refractivity contribution in [1.82, 2.24) is 0 Å². The number of rotatable bonds is 1. The molecule has 1 N–H and O–H groups in total. The molecule has 0 radical (unpaired) electrons. The zero-order chi connectivity index (χ0) is 17.3. The zero-order valence-electron chi connectivity index (χ0n) is 14.1. The molecule has 4 aliphatic rings. The lowest BCUT2D eigenvalue weighted by Crippen LogP contribution is -2.57. The van der Waals surface area contributed by atoms with Gasteiger partial charge in [0.05, 0.1) is 30.5 Å². The average molecular weight is 346 g/mol. The summed E-state index contributed by atoms with van der Waals surface area (Å²) >= 11 is 0. The van der Waals surface area contributed by atoms with E-state index < -0.39 is 6.10 Å². The molecule has 134 valence electrons. The van der Waals surface area contributed by atoms with Crippen molar-refractivity contribution in [3.05, 3.63) is 24.2 Å². The van der Waals surface area contributed by atoms with Crippen LogP contribution in [0.3, 0.4) is 0 Å². The van der Waals surface area contributed by atoms with Crippen LogP contribution in [-0.2, 0) is 19.1 Å². The van der Waals surface area contributed by atoms with Crippen molar-refractivity contribution in [2.24, 2.45) is 29.1 Å². The first-order valence-corrected chi connectivity index (χ1v) is 9.08.